The normalized spacial score (nSPS) is 19.5. The van der Waals surface area contributed by atoms with E-state index in [1.165, 1.54) is 0 Å². The highest BCUT2D eigenvalue weighted by Gasteiger charge is 2.33. The Kier molecular flexibility index (Phi) is 6.39. The van der Waals surface area contributed by atoms with E-state index >= 15 is 0 Å². The van der Waals surface area contributed by atoms with Crippen molar-refractivity contribution in [2.45, 2.75) is 25.0 Å². The molecule has 1 N–H and O–H groups in total. The van der Waals surface area contributed by atoms with Crippen molar-refractivity contribution in [3.05, 3.63) is 71.8 Å². The minimum absolute atomic E-state index is 0.0994. The van der Waals surface area contributed by atoms with Gasteiger partial charge in [-0.1, -0.05) is 65.8 Å². The molecule has 0 spiro atoms. The number of carbonyl (C=O) groups excluding carboxylic acids is 2. The van der Waals surface area contributed by atoms with Crippen LogP contribution >= 0.6 is 0 Å². The number of ether oxygens (including phenoxy) is 1. The van der Waals surface area contributed by atoms with E-state index in [9.17, 15) is 9.59 Å². The van der Waals surface area contributed by atoms with Crippen LogP contribution in [0.15, 0.2) is 65.8 Å². The van der Waals surface area contributed by atoms with Gasteiger partial charge in [-0.25, -0.2) is 0 Å². The van der Waals surface area contributed by atoms with Crippen LogP contribution in [0.4, 0.5) is 0 Å². The number of hydrogen-bond acceptors (Lipinski definition) is 5. The third-order valence-electron chi connectivity index (χ3n) is 5.29. The number of nitrogens with zero attached hydrogens (tertiary/aromatic N) is 2. The molecule has 0 aromatic heterocycles. The maximum atomic E-state index is 13.1. The highest BCUT2D eigenvalue weighted by molar-refractivity contribution is 6.04. The summed E-state index contributed by atoms with van der Waals surface area (Å²) in [5.74, 6) is -0.426. The van der Waals surface area contributed by atoms with E-state index in [1.807, 2.05) is 60.7 Å². The van der Waals surface area contributed by atoms with Crippen molar-refractivity contribution in [2.24, 2.45) is 5.16 Å². The van der Waals surface area contributed by atoms with E-state index < -0.39 is 12.1 Å². The number of oxime groups is 1. The molecule has 30 heavy (non-hydrogen) atoms. The van der Waals surface area contributed by atoms with E-state index in [4.69, 9.17) is 9.57 Å². The molecular weight excluding hydrogens is 382 g/mol. The van der Waals surface area contributed by atoms with Crippen molar-refractivity contribution in [2.75, 3.05) is 26.3 Å². The van der Waals surface area contributed by atoms with Crippen molar-refractivity contribution in [1.82, 2.24) is 10.2 Å². The summed E-state index contributed by atoms with van der Waals surface area (Å²) in [5.41, 5.74) is 2.64. The number of rotatable bonds is 6. The molecule has 0 saturated carbocycles. The van der Waals surface area contributed by atoms with Gasteiger partial charge in [-0.15, -0.1) is 0 Å². The fourth-order valence-corrected chi connectivity index (χ4v) is 3.64. The predicted octanol–water partition coefficient (Wildman–Crippen LogP) is 1.77. The van der Waals surface area contributed by atoms with Crippen LogP contribution in [-0.2, 0) is 25.6 Å². The zero-order valence-corrected chi connectivity index (χ0v) is 16.7. The molecular formula is C23H25N3O4. The zero-order valence-electron chi connectivity index (χ0n) is 16.7. The van der Waals surface area contributed by atoms with Gasteiger partial charge in [0, 0.05) is 25.9 Å². The van der Waals surface area contributed by atoms with E-state index in [1.54, 1.807) is 4.90 Å². The first-order valence-corrected chi connectivity index (χ1v) is 10.2. The summed E-state index contributed by atoms with van der Waals surface area (Å²) in [6.45, 7) is 2.08. The van der Waals surface area contributed by atoms with Crippen molar-refractivity contribution in [3.63, 3.8) is 0 Å². The molecule has 2 aromatic carbocycles. The second-order valence-corrected chi connectivity index (χ2v) is 7.39. The predicted molar refractivity (Wildman–Crippen MR) is 112 cm³/mol. The number of carbonyl (C=O) groups is 2. The maximum Gasteiger partial charge on any atom is 0.265 e. The number of morpholine rings is 1. The summed E-state index contributed by atoms with van der Waals surface area (Å²) in [6, 6.07) is 18.6. The van der Waals surface area contributed by atoms with E-state index in [-0.39, 0.29) is 11.8 Å². The average molecular weight is 407 g/mol. The third-order valence-corrected chi connectivity index (χ3v) is 5.29. The Hall–Kier alpha value is -3.19. The summed E-state index contributed by atoms with van der Waals surface area (Å²) >= 11 is 0. The molecule has 1 saturated heterocycles. The van der Waals surface area contributed by atoms with E-state index in [0.717, 1.165) is 16.8 Å². The molecule has 1 fully saturated rings. The number of benzene rings is 2. The molecule has 0 aliphatic carbocycles. The summed E-state index contributed by atoms with van der Waals surface area (Å²) in [4.78, 5) is 33.2. The van der Waals surface area contributed by atoms with Gasteiger partial charge in [-0.05, 0) is 11.1 Å². The van der Waals surface area contributed by atoms with Gasteiger partial charge in [0.15, 0.2) is 0 Å². The minimum atomic E-state index is -0.740. The standard InChI is InChI=1S/C23H25N3O4/c27-22(21-16-19(25-30-21)18-9-5-2-6-10-18)24-20(15-17-7-3-1-4-8-17)23(28)26-11-13-29-14-12-26/h1-10,20-21H,11-16H2,(H,24,27). The molecule has 0 radical (unpaired) electrons. The topological polar surface area (TPSA) is 80.2 Å². The van der Waals surface area contributed by atoms with Crippen molar-refractivity contribution < 1.29 is 19.2 Å². The Balaban J connectivity index is 1.43. The van der Waals surface area contributed by atoms with Crippen molar-refractivity contribution in [1.29, 1.82) is 0 Å². The lowest BCUT2D eigenvalue weighted by atomic mass is 10.0. The minimum Gasteiger partial charge on any atom is -0.382 e. The van der Waals surface area contributed by atoms with Crippen LogP contribution < -0.4 is 5.32 Å². The first kappa shape index (κ1) is 20.1. The van der Waals surface area contributed by atoms with Gasteiger partial charge >= 0.3 is 0 Å². The summed E-state index contributed by atoms with van der Waals surface area (Å²) in [5, 5.41) is 6.99. The molecule has 4 rings (SSSR count). The van der Waals surface area contributed by atoms with Crippen LogP contribution in [0, 0.1) is 0 Å². The van der Waals surface area contributed by atoms with Crippen LogP contribution in [0.2, 0.25) is 0 Å². The molecule has 2 atom stereocenters. The maximum absolute atomic E-state index is 13.1. The lowest BCUT2D eigenvalue weighted by Crippen LogP contribution is -2.54. The second kappa shape index (κ2) is 9.54. The molecule has 2 heterocycles. The van der Waals surface area contributed by atoms with E-state index in [0.29, 0.717) is 39.1 Å². The van der Waals surface area contributed by atoms with Gasteiger partial charge in [0.2, 0.25) is 12.0 Å². The van der Waals surface area contributed by atoms with Crippen LogP contribution in [0.3, 0.4) is 0 Å². The number of hydrogen-bond donors (Lipinski definition) is 1. The number of amides is 2. The zero-order chi connectivity index (χ0) is 20.8. The monoisotopic (exact) mass is 407 g/mol. The summed E-state index contributed by atoms with van der Waals surface area (Å²) < 4.78 is 5.35. The lowest BCUT2D eigenvalue weighted by Gasteiger charge is -2.31. The first-order chi connectivity index (χ1) is 14.7. The van der Waals surface area contributed by atoms with Crippen LogP contribution in [0.5, 0.6) is 0 Å². The molecule has 2 aliphatic heterocycles. The highest BCUT2D eigenvalue weighted by atomic mass is 16.6. The van der Waals surface area contributed by atoms with Crippen LogP contribution in [-0.4, -0.2) is 60.9 Å². The smallest absolute Gasteiger partial charge is 0.265 e. The van der Waals surface area contributed by atoms with E-state index in [2.05, 4.69) is 10.5 Å². The lowest BCUT2D eigenvalue weighted by molar-refractivity contribution is -0.142. The average Bonchev–Trinajstić information content (AvgIpc) is 3.31. The fourth-order valence-electron chi connectivity index (χ4n) is 3.64. The molecule has 2 unspecified atom stereocenters. The molecule has 2 amide bonds. The Morgan fingerprint density at radius 2 is 1.70 bits per heavy atom. The molecule has 2 aliphatic rings. The Morgan fingerprint density at radius 1 is 1.03 bits per heavy atom. The fraction of sp³-hybridized carbons (Fsp3) is 0.348. The molecule has 7 nitrogen and oxygen atoms in total. The van der Waals surface area contributed by atoms with Crippen LogP contribution in [0.25, 0.3) is 0 Å². The molecule has 7 heteroatoms. The Morgan fingerprint density at radius 3 is 2.40 bits per heavy atom. The van der Waals surface area contributed by atoms with Gasteiger partial charge in [0.25, 0.3) is 5.91 Å². The van der Waals surface area contributed by atoms with Gasteiger partial charge in [0.05, 0.1) is 18.9 Å². The number of nitrogens with one attached hydrogen (secondary N) is 1. The quantitative estimate of drug-likeness (QED) is 0.791. The molecule has 0 bridgehead atoms. The van der Waals surface area contributed by atoms with Gasteiger partial charge in [-0.3, -0.25) is 9.59 Å². The van der Waals surface area contributed by atoms with Crippen molar-refractivity contribution >= 4 is 17.5 Å². The summed E-state index contributed by atoms with van der Waals surface area (Å²) in [6.07, 6.45) is 0.0533. The highest BCUT2D eigenvalue weighted by Crippen LogP contribution is 2.17. The SMILES string of the molecule is O=C(NC(Cc1ccccc1)C(=O)N1CCOCC1)C1CC(c2ccccc2)=NO1. The van der Waals surface area contributed by atoms with Crippen LogP contribution in [0.1, 0.15) is 17.5 Å². The third kappa shape index (κ3) is 4.86. The van der Waals surface area contributed by atoms with Gasteiger partial charge in [0.1, 0.15) is 6.04 Å². The van der Waals surface area contributed by atoms with Gasteiger partial charge in [-0.2, -0.15) is 0 Å². The Bertz CT molecular complexity index is 895. The summed E-state index contributed by atoms with van der Waals surface area (Å²) in [7, 11) is 0. The largest absolute Gasteiger partial charge is 0.382 e. The second-order valence-electron chi connectivity index (χ2n) is 7.39. The first-order valence-electron chi connectivity index (χ1n) is 10.2. The van der Waals surface area contributed by atoms with Gasteiger partial charge < -0.3 is 19.8 Å². The van der Waals surface area contributed by atoms with Crippen molar-refractivity contribution in [3.8, 4) is 0 Å². The molecule has 2 aromatic rings. The molecule has 156 valence electrons. The Labute approximate surface area is 175 Å².